The van der Waals surface area contributed by atoms with Gasteiger partial charge in [-0.15, -0.1) is 0 Å². The molecule has 48 heavy (non-hydrogen) atoms. The molecule has 266 valence electrons. The van der Waals surface area contributed by atoms with E-state index in [1.807, 2.05) is 38.0 Å². The van der Waals surface area contributed by atoms with Crippen molar-refractivity contribution >= 4 is 5.69 Å². The van der Waals surface area contributed by atoms with Gasteiger partial charge in [0, 0.05) is 52.7 Å². The van der Waals surface area contributed by atoms with E-state index in [-0.39, 0.29) is 22.2 Å². The summed E-state index contributed by atoms with van der Waals surface area (Å²) in [6.07, 6.45) is 3.93. The highest BCUT2D eigenvalue weighted by molar-refractivity contribution is 5.62. The van der Waals surface area contributed by atoms with E-state index < -0.39 is 0 Å². The Hall–Kier alpha value is -3.41. The minimum absolute atomic E-state index is 0.0198. The van der Waals surface area contributed by atoms with Crippen LogP contribution < -0.4 is 16.0 Å². The van der Waals surface area contributed by atoms with Crippen LogP contribution in [0.15, 0.2) is 85.2 Å². The molecular weight excluding hydrogens is 587 g/mol. The highest BCUT2D eigenvalue weighted by atomic mass is 15.2. The molecule has 4 rings (SSSR count). The van der Waals surface area contributed by atoms with Crippen LogP contribution in [-0.2, 0) is 12.6 Å². The van der Waals surface area contributed by atoms with Crippen molar-refractivity contribution in [2.45, 2.75) is 139 Å². The maximum Gasteiger partial charge on any atom is 0.0568 e. The lowest BCUT2D eigenvalue weighted by atomic mass is 9.90. The highest BCUT2D eigenvalue weighted by Gasteiger charge is 2.25. The predicted molar refractivity (Wildman–Crippen MR) is 213 cm³/mol. The summed E-state index contributed by atoms with van der Waals surface area (Å²) in [5.74, 6) is 0. The lowest BCUT2D eigenvalue weighted by Crippen LogP contribution is -2.48. The summed E-state index contributed by atoms with van der Waals surface area (Å²) in [6.45, 7) is 34.5. The standard InChI is InChI=1S/C16H23N3.C14H23N.C11H17N.C2H6/c1-12(18-16(2,3)4)13-6-8-14(9-7-13)15-10-17-19(5)11-15;1-11-7-9-12(10-8-11)14(5,6)15-13(2,3)4;1-9-6-5-7-10(8-9)12-11(2,3)4;1-2/h6-12,18H,1-5H3;7-10,15H,1-6H3;5-8,12H,1-4H3;1-2H3. The molecule has 4 aromatic rings. The van der Waals surface area contributed by atoms with Crippen LogP contribution in [0.1, 0.15) is 125 Å². The Bertz CT molecular complexity index is 1460. The van der Waals surface area contributed by atoms with E-state index in [9.17, 15) is 0 Å². The summed E-state index contributed by atoms with van der Waals surface area (Å²) in [7, 11) is 1.94. The lowest BCUT2D eigenvalue weighted by Gasteiger charge is -2.35. The van der Waals surface area contributed by atoms with Gasteiger partial charge in [-0.05, 0) is 131 Å². The molecule has 0 radical (unpaired) electrons. The van der Waals surface area contributed by atoms with Crippen LogP contribution in [-0.4, -0.2) is 26.4 Å². The van der Waals surface area contributed by atoms with Crippen molar-refractivity contribution in [3.05, 3.63) is 107 Å². The summed E-state index contributed by atoms with van der Waals surface area (Å²) in [5.41, 5.74) is 9.24. The highest BCUT2D eigenvalue weighted by Crippen LogP contribution is 2.24. The number of aromatic nitrogens is 2. The van der Waals surface area contributed by atoms with Gasteiger partial charge in [0.05, 0.1) is 6.20 Å². The third-order valence-corrected chi connectivity index (χ3v) is 7.10. The van der Waals surface area contributed by atoms with Crippen molar-refractivity contribution in [3.63, 3.8) is 0 Å². The van der Waals surface area contributed by atoms with Gasteiger partial charge in [-0.2, -0.15) is 5.10 Å². The predicted octanol–water partition coefficient (Wildman–Crippen LogP) is 11.4. The first-order valence-electron chi connectivity index (χ1n) is 17.6. The number of nitrogens with one attached hydrogen (secondary N) is 3. The van der Waals surface area contributed by atoms with Gasteiger partial charge < -0.3 is 16.0 Å². The maximum atomic E-state index is 4.20. The average Bonchev–Trinajstić information content (AvgIpc) is 3.38. The molecule has 1 aromatic heterocycles. The van der Waals surface area contributed by atoms with Crippen LogP contribution in [0.3, 0.4) is 0 Å². The molecule has 5 heteroatoms. The Morgan fingerprint density at radius 2 is 1.21 bits per heavy atom. The monoisotopic (exact) mass is 656 g/mol. The molecule has 3 N–H and O–H groups in total. The maximum absolute atomic E-state index is 4.20. The molecule has 0 amide bonds. The first-order valence-corrected chi connectivity index (χ1v) is 17.6. The number of hydrogen-bond acceptors (Lipinski definition) is 4. The van der Waals surface area contributed by atoms with Crippen LogP contribution >= 0.6 is 0 Å². The summed E-state index contributed by atoms with van der Waals surface area (Å²) < 4.78 is 1.83. The molecule has 0 aliphatic heterocycles. The molecule has 0 saturated carbocycles. The van der Waals surface area contributed by atoms with Gasteiger partial charge in [-0.25, -0.2) is 0 Å². The normalized spacial score (nSPS) is 12.4. The molecule has 0 aliphatic carbocycles. The Morgan fingerprint density at radius 3 is 1.65 bits per heavy atom. The summed E-state index contributed by atoms with van der Waals surface area (Å²) in [5, 5.41) is 14.8. The van der Waals surface area contributed by atoms with E-state index >= 15 is 0 Å². The largest absolute Gasteiger partial charge is 0.380 e. The quantitative estimate of drug-likeness (QED) is 0.193. The van der Waals surface area contributed by atoms with Gasteiger partial charge in [-0.1, -0.05) is 80.1 Å². The number of anilines is 1. The molecule has 5 nitrogen and oxygen atoms in total. The molecule has 3 aromatic carbocycles. The van der Waals surface area contributed by atoms with Crippen LogP contribution in [0, 0.1) is 13.8 Å². The number of rotatable bonds is 6. The first-order chi connectivity index (χ1) is 22.0. The van der Waals surface area contributed by atoms with Crippen molar-refractivity contribution in [1.82, 2.24) is 20.4 Å². The number of benzene rings is 3. The molecule has 0 aliphatic rings. The second-order valence-corrected chi connectivity index (χ2v) is 16.3. The van der Waals surface area contributed by atoms with Crippen LogP contribution in [0.2, 0.25) is 0 Å². The third-order valence-electron chi connectivity index (χ3n) is 7.10. The average molecular weight is 656 g/mol. The van der Waals surface area contributed by atoms with Gasteiger partial charge in [0.1, 0.15) is 0 Å². The molecule has 1 unspecified atom stereocenters. The van der Waals surface area contributed by atoms with Gasteiger partial charge in [0.2, 0.25) is 0 Å². The fraction of sp³-hybridized carbons (Fsp3) is 0.512. The minimum atomic E-state index is 0.0198. The topological polar surface area (TPSA) is 53.9 Å². The lowest BCUT2D eigenvalue weighted by molar-refractivity contribution is 0.286. The van der Waals surface area contributed by atoms with E-state index in [0.29, 0.717) is 6.04 Å². The van der Waals surface area contributed by atoms with E-state index in [2.05, 4.69) is 191 Å². The van der Waals surface area contributed by atoms with Gasteiger partial charge in [-0.3, -0.25) is 4.68 Å². The van der Waals surface area contributed by atoms with Crippen molar-refractivity contribution in [2.75, 3.05) is 5.32 Å². The molecule has 0 bridgehead atoms. The van der Waals surface area contributed by atoms with Gasteiger partial charge >= 0.3 is 0 Å². The molecule has 1 heterocycles. The number of hydrogen-bond donors (Lipinski definition) is 3. The second-order valence-electron chi connectivity index (χ2n) is 16.3. The van der Waals surface area contributed by atoms with Crippen LogP contribution in [0.4, 0.5) is 5.69 Å². The van der Waals surface area contributed by atoms with Gasteiger partial charge in [0.25, 0.3) is 0 Å². The molecule has 1 atom stereocenters. The Kier molecular flexibility index (Phi) is 16.3. The Labute approximate surface area is 295 Å². The molecule has 0 spiro atoms. The summed E-state index contributed by atoms with van der Waals surface area (Å²) in [6, 6.07) is 26.2. The summed E-state index contributed by atoms with van der Waals surface area (Å²) >= 11 is 0. The third kappa shape index (κ3) is 17.1. The zero-order valence-corrected chi connectivity index (χ0v) is 33.6. The second kappa shape index (κ2) is 18.4. The number of aryl methyl sites for hydroxylation is 3. The SMILES string of the molecule is CC.CC(NC(C)(C)C)c1ccc(-c2cnn(C)c2)cc1.Cc1ccc(C(C)(C)NC(C)(C)C)cc1.Cc1cccc(NC(C)(C)C)c1. The van der Waals surface area contributed by atoms with Crippen molar-refractivity contribution in [2.24, 2.45) is 7.05 Å². The summed E-state index contributed by atoms with van der Waals surface area (Å²) in [4.78, 5) is 0. The zero-order valence-electron chi connectivity index (χ0n) is 33.6. The van der Waals surface area contributed by atoms with E-state index in [4.69, 9.17) is 0 Å². The number of nitrogens with zero attached hydrogens (tertiary/aromatic N) is 2. The first kappa shape index (κ1) is 42.6. The van der Waals surface area contributed by atoms with E-state index in [1.54, 1.807) is 0 Å². The Balaban J connectivity index is 0.000000360. The van der Waals surface area contributed by atoms with Crippen molar-refractivity contribution in [1.29, 1.82) is 0 Å². The molecule has 0 fully saturated rings. The zero-order chi connectivity index (χ0) is 36.9. The van der Waals surface area contributed by atoms with E-state index in [0.717, 1.165) is 5.56 Å². The van der Waals surface area contributed by atoms with Crippen molar-refractivity contribution in [3.8, 4) is 11.1 Å². The Morgan fingerprint density at radius 1 is 0.646 bits per heavy atom. The smallest absolute Gasteiger partial charge is 0.0568 e. The van der Waals surface area contributed by atoms with E-state index in [1.165, 1.54) is 33.5 Å². The fourth-order valence-electron chi connectivity index (χ4n) is 5.40. The fourth-order valence-corrected chi connectivity index (χ4v) is 5.40. The van der Waals surface area contributed by atoms with Crippen LogP contribution in [0.5, 0.6) is 0 Å². The molecular formula is C43H69N5. The minimum Gasteiger partial charge on any atom is -0.380 e. The molecule has 0 saturated heterocycles. The van der Waals surface area contributed by atoms with Crippen molar-refractivity contribution < 1.29 is 0 Å². The van der Waals surface area contributed by atoms with Gasteiger partial charge in [0.15, 0.2) is 0 Å². The van der Waals surface area contributed by atoms with Crippen LogP contribution in [0.25, 0.3) is 11.1 Å².